The first kappa shape index (κ1) is 14.8. The van der Waals surface area contributed by atoms with E-state index in [4.69, 9.17) is 11.6 Å². The molecule has 2 aromatic rings. The van der Waals surface area contributed by atoms with Crippen molar-refractivity contribution in [1.82, 2.24) is 10.3 Å². The van der Waals surface area contributed by atoms with E-state index < -0.39 is 5.54 Å². The highest BCUT2D eigenvalue weighted by Crippen LogP contribution is 2.28. The third-order valence-corrected chi connectivity index (χ3v) is 3.48. The van der Waals surface area contributed by atoms with Crippen LogP contribution in [-0.4, -0.2) is 23.0 Å². The first-order chi connectivity index (χ1) is 9.45. The molecule has 0 aliphatic carbocycles. The smallest absolute Gasteiger partial charge is 0.244 e. The molecule has 4 nitrogen and oxygen atoms in total. The largest absolute Gasteiger partial charge is 0.323 e. The molecule has 106 valence electrons. The van der Waals surface area contributed by atoms with E-state index in [1.165, 1.54) is 0 Å². The highest BCUT2D eigenvalue weighted by molar-refractivity contribution is 6.36. The summed E-state index contributed by atoms with van der Waals surface area (Å²) in [7, 11) is 0. The predicted molar refractivity (Wildman–Crippen MR) is 83.1 cm³/mol. The Morgan fingerprint density at radius 2 is 2.10 bits per heavy atom. The van der Waals surface area contributed by atoms with Crippen molar-refractivity contribution in [3.8, 4) is 0 Å². The van der Waals surface area contributed by atoms with Crippen molar-refractivity contribution in [3.05, 3.63) is 35.5 Å². The number of hydrogen-bond donors (Lipinski definition) is 2. The number of pyridine rings is 1. The van der Waals surface area contributed by atoms with Gasteiger partial charge in [0.25, 0.3) is 0 Å². The number of aromatic nitrogens is 1. The van der Waals surface area contributed by atoms with Gasteiger partial charge in [-0.25, -0.2) is 0 Å². The van der Waals surface area contributed by atoms with Gasteiger partial charge in [0.1, 0.15) is 0 Å². The van der Waals surface area contributed by atoms with Crippen molar-refractivity contribution in [2.45, 2.75) is 26.3 Å². The number of likely N-dealkylation sites (N-methyl/N-ethyl adjacent to an activating group) is 1. The molecule has 0 unspecified atom stereocenters. The summed E-state index contributed by atoms with van der Waals surface area (Å²) in [6.07, 6.45) is 1.68. The van der Waals surface area contributed by atoms with Crippen LogP contribution in [0.2, 0.25) is 5.02 Å². The number of carbonyl (C=O) groups is 1. The van der Waals surface area contributed by atoms with Crippen molar-refractivity contribution in [2.75, 3.05) is 11.9 Å². The molecule has 1 aromatic heterocycles. The zero-order chi connectivity index (χ0) is 14.8. The third-order valence-electron chi connectivity index (χ3n) is 3.15. The van der Waals surface area contributed by atoms with Gasteiger partial charge >= 0.3 is 0 Å². The summed E-state index contributed by atoms with van der Waals surface area (Å²) in [5.74, 6) is -0.103. The number of carbonyl (C=O) groups excluding carboxylic acids is 1. The lowest BCUT2D eigenvalue weighted by Gasteiger charge is -2.24. The molecule has 0 spiro atoms. The SMILES string of the molecule is CCNC(C)(C)C(=O)Nc1ccc(Cl)c2cccnc12. The number of fused-ring (bicyclic) bond motifs is 1. The molecule has 0 radical (unpaired) electrons. The minimum Gasteiger partial charge on any atom is -0.323 e. The molecule has 2 rings (SSSR count). The second-order valence-electron chi connectivity index (χ2n) is 5.10. The lowest BCUT2D eigenvalue weighted by molar-refractivity contribution is -0.121. The van der Waals surface area contributed by atoms with Crippen LogP contribution in [0.3, 0.4) is 0 Å². The fourth-order valence-electron chi connectivity index (χ4n) is 2.04. The Kier molecular flexibility index (Phi) is 4.26. The third kappa shape index (κ3) is 2.92. The van der Waals surface area contributed by atoms with Crippen LogP contribution in [0.4, 0.5) is 5.69 Å². The zero-order valence-corrected chi connectivity index (χ0v) is 12.6. The number of amides is 1. The maximum absolute atomic E-state index is 12.3. The van der Waals surface area contributed by atoms with E-state index >= 15 is 0 Å². The summed E-state index contributed by atoms with van der Waals surface area (Å²) >= 11 is 6.14. The Bertz CT molecular complexity index is 640. The molecule has 0 aliphatic rings. The Labute approximate surface area is 123 Å². The van der Waals surface area contributed by atoms with E-state index in [1.54, 1.807) is 18.3 Å². The van der Waals surface area contributed by atoms with Crippen LogP contribution in [-0.2, 0) is 4.79 Å². The van der Waals surface area contributed by atoms with Crippen LogP contribution >= 0.6 is 11.6 Å². The second kappa shape index (κ2) is 5.77. The van der Waals surface area contributed by atoms with Crippen molar-refractivity contribution in [3.63, 3.8) is 0 Å². The van der Waals surface area contributed by atoms with Gasteiger partial charge in [-0.15, -0.1) is 0 Å². The van der Waals surface area contributed by atoms with Gasteiger partial charge in [0.15, 0.2) is 0 Å². The minimum atomic E-state index is -0.643. The summed E-state index contributed by atoms with van der Waals surface area (Å²) in [6, 6.07) is 7.25. The highest BCUT2D eigenvalue weighted by atomic mass is 35.5. The number of nitrogens with zero attached hydrogens (tertiary/aromatic N) is 1. The van der Waals surface area contributed by atoms with Gasteiger partial charge in [-0.05, 0) is 44.7 Å². The van der Waals surface area contributed by atoms with E-state index in [0.717, 1.165) is 11.9 Å². The summed E-state index contributed by atoms with van der Waals surface area (Å²) in [5.41, 5.74) is 0.719. The Morgan fingerprint density at radius 1 is 1.35 bits per heavy atom. The van der Waals surface area contributed by atoms with Crippen LogP contribution in [0.15, 0.2) is 30.5 Å². The average molecular weight is 292 g/mol. The number of benzene rings is 1. The Morgan fingerprint density at radius 3 is 2.80 bits per heavy atom. The van der Waals surface area contributed by atoms with Crippen LogP contribution in [0.1, 0.15) is 20.8 Å². The van der Waals surface area contributed by atoms with Gasteiger partial charge < -0.3 is 10.6 Å². The molecule has 1 heterocycles. The average Bonchev–Trinajstić information content (AvgIpc) is 2.42. The van der Waals surface area contributed by atoms with Gasteiger partial charge in [-0.3, -0.25) is 9.78 Å². The van der Waals surface area contributed by atoms with Gasteiger partial charge in [-0.2, -0.15) is 0 Å². The molecule has 2 N–H and O–H groups in total. The summed E-state index contributed by atoms with van der Waals surface area (Å²) in [5, 5.41) is 7.51. The van der Waals surface area contributed by atoms with E-state index in [1.807, 2.05) is 32.9 Å². The van der Waals surface area contributed by atoms with Crippen molar-refractivity contribution in [1.29, 1.82) is 0 Å². The molecular formula is C15H18ClN3O. The molecule has 0 aliphatic heterocycles. The Balaban J connectivity index is 2.35. The summed E-state index contributed by atoms with van der Waals surface area (Å²) < 4.78 is 0. The van der Waals surface area contributed by atoms with E-state index in [-0.39, 0.29) is 5.91 Å². The van der Waals surface area contributed by atoms with Crippen molar-refractivity contribution >= 4 is 34.1 Å². The van der Waals surface area contributed by atoms with Crippen LogP contribution in [0.5, 0.6) is 0 Å². The molecule has 0 atom stereocenters. The van der Waals surface area contributed by atoms with E-state index in [0.29, 0.717) is 16.2 Å². The number of nitrogens with one attached hydrogen (secondary N) is 2. The molecule has 0 bridgehead atoms. The van der Waals surface area contributed by atoms with E-state index in [2.05, 4.69) is 15.6 Å². The first-order valence-electron chi connectivity index (χ1n) is 6.55. The molecule has 0 saturated heterocycles. The first-order valence-corrected chi connectivity index (χ1v) is 6.93. The fraction of sp³-hybridized carbons (Fsp3) is 0.333. The van der Waals surface area contributed by atoms with E-state index in [9.17, 15) is 4.79 Å². The van der Waals surface area contributed by atoms with Crippen LogP contribution in [0, 0.1) is 0 Å². The minimum absolute atomic E-state index is 0.103. The molecule has 1 amide bonds. The van der Waals surface area contributed by atoms with Gasteiger partial charge in [0.2, 0.25) is 5.91 Å². The number of hydrogen-bond acceptors (Lipinski definition) is 3. The Hall–Kier alpha value is -1.65. The van der Waals surface area contributed by atoms with Crippen molar-refractivity contribution in [2.24, 2.45) is 0 Å². The molecule has 1 aromatic carbocycles. The normalized spacial score (nSPS) is 11.6. The van der Waals surface area contributed by atoms with Gasteiger partial charge in [-0.1, -0.05) is 18.5 Å². The molecule has 20 heavy (non-hydrogen) atoms. The molecule has 0 saturated carbocycles. The summed E-state index contributed by atoms with van der Waals surface area (Å²) in [4.78, 5) is 16.6. The quantitative estimate of drug-likeness (QED) is 0.909. The van der Waals surface area contributed by atoms with Gasteiger partial charge in [0, 0.05) is 11.6 Å². The number of halogens is 1. The number of rotatable bonds is 4. The lowest BCUT2D eigenvalue weighted by Crippen LogP contribution is -2.49. The van der Waals surface area contributed by atoms with Gasteiger partial charge in [0.05, 0.1) is 21.8 Å². The zero-order valence-electron chi connectivity index (χ0n) is 11.8. The highest BCUT2D eigenvalue weighted by Gasteiger charge is 2.26. The maximum atomic E-state index is 12.3. The molecular weight excluding hydrogens is 274 g/mol. The second-order valence-corrected chi connectivity index (χ2v) is 5.51. The molecule has 5 heteroatoms. The molecule has 0 fully saturated rings. The van der Waals surface area contributed by atoms with Crippen LogP contribution in [0.25, 0.3) is 10.9 Å². The maximum Gasteiger partial charge on any atom is 0.244 e. The fourth-order valence-corrected chi connectivity index (χ4v) is 2.26. The standard InChI is InChI=1S/C15H18ClN3O/c1-4-18-15(2,3)14(20)19-12-8-7-11(16)10-6-5-9-17-13(10)12/h5-9,18H,4H2,1-3H3,(H,19,20). The monoisotopic (exact) mass is 291 g/mol. The van der Waals surface area contributed by atoms with Crippen LogP contribution < -0.4 is 10.6 Å². The lowest BCUT2D eigenvalue weighted by atomic mass is 10.0. The number of anilines is 1. The van der Waals surface area contributed by atoms with Crippen molar-refractivity contribution < 1.29 is 4.79 Å². The summed E-state index contributed by atoms with van der Waals surface area (Å²) in [6.45, 7) is 6.38. The predicted octanol–water partition coefficient (Wildman–Crippen LogP) is 3.21. The topological polar surface area (TPSA) is 54.0 Å².